The SMILES string of the molecule is CC1CC(C)CN(C(=O)CN2CCN(C(=O)Cc3cn4ccsc4n3)CC2)C1. The van der Waals surface area contributed by atoms with E-state index >= 15 is 0 Å². The summed E-state index contributed by atoms with van der Waals surface area (Å²) in [5.41, 5.74) is 0.822. The monoisotopic (exact) mass is 403 g/mol. The Morgan fingerprint density at radius 1 is 1.07 bits per heavy atom. The van der Waals surface area contributed by atoms with Crippen LogP contribution in [0.4, 0.5) is 0 Å². The van der Waals surface area contributed by atoms with Crippen LogP contribution >= 0.6 is 11.3 Å². The first kappa shape index (κ1) is 19.4. The van der Waals surface area contributed by atoms with Crippen LogP contribution in [0.25, 0.3) is 4.96 Å². The predicted octanol–water partition coefficient (Wildman–Crippen LogP) is 1.59. The van der Waals surface area contributed by atoms with Crippen molar-refractivity contribution in [1.29, 1.82) is 0 Å². The average molecular weight is 404 g/mol. The molecule has 28 heavy (non-hydrogen) atoms. The van der Waals surface area contributed by atoms with Crippen LogP contribution in [0.15, 0.2) is 17.8 Å². The summed E-state index contributed by atoms with van der Waals surface area (Å²) >= 11 is 1.57. The van der Waals surface area contributed by atoms with Crippen LogP contribution in [0.5, 0.6) is 0 Å². The van der Waals surface area contributed by atoms with Crippen LogP contribution in [-0.2, 0) is 16.0 Å². The van der Waals surface area contributed by atoms with Crippen LogP contribution in [0.2, 0.25) is 0 Å². The molecule has 4 heterocycles. The highest BCUT2D eigenvalue weighted by atomic mass is 32.1. The maximum atomic E-state index is 12.7. The zero-order valence-corrected chi connectivity index (χ0v) is 17.5. The Bertz CT molecular complexity index is 800. The number of nitrogens with zero attached hydrogens (tertiary/aromatic N) is 5. The predicted molar refractivity (Wildman–Crippen MR) is 109 cm³/mol. The summed E-state index contributed by atoms with van der Waals surface area (Å²) in [6, 6.07) is 0. The molecule has 2 saturated heterocycles. The van der Waals surface area contributed by atoms with Crippen molar-refractivity contribution in [1.82, 2.24) is 24.1 Å². The third-order valence-corrected chi connectivity index (χ3v) is 6.55. The second-order valence-corrected chi connectivity index (χ2v) is 9.28. The molecule has 2 aromatic heterocycles. The molecule has 7 nitrogen and oxygen atoms in total. The molecule has 2 unspecified atom stereocenters. The molecule has 0 aliphatic carbocycles. The molecular formula is C20H29N5O2S. The van der Waals surface area contributed by atoms with Crippen LogP contribution in [0.3, 0.4) is 0 Å². The van der Waals surface area contributed by atoms with E-state index in [1.807, 2.05) is 32.0 Å². The van der Waals surface area contributed by atoms with Crippen LogP contribution in [0.1, 0.15) is 26.0 Å². The molecule has 0 saturated carbocycles. The highest BCUT2D eigenvalue weighted by molar-refractivity contribution is 7.15. The number of piperazine rings is 1. The number of likely N-dealkylation sites (tertiary alicyclic amines) is 1. The molecule has 0 bridgehead atoms. The van der Waals surface area contributed by atoms with Crippen molar-refractivity contribution in [3.05, 3.63) is 23.5 Å². The van der Waals surface area contributed by atoms with E-state index < -0.39 is 0 Å². The number of carbonyl (C=O) groups is 2. The summed E-state index contributed by atoms with van der Waals surface area (Å²) in [6.07, 6.45) is 5.44. The smallest absolute Gasteiger partial charge is 0.236 e. The Morgan fingerprint density at radius 3 is 2.46 bits per heavy atom. The second kappa shape index (κ2) is 8.21. The molecule has 0 aromatic carbocycles. The topological polar surface area (TPSA) is 61.2 Å². The highest BCUT2D eigenvalue weighted by Crippen LogP contribution is 2.21. The minimum atomic E-state index is 0.121. The van der Waals surface area contributed by atoms with Gasteiger partial charge < -0.3 is 9.80 Å². The van der Waals surface area contributed by atoms with Gasteiger partial charge in [0, 0.05) is 57.0 Å². The number of aromatic nitrogens is 2. The van der Waals surface area contributed by atoms with Gasteiger partial charge in [-0.25, -0.2) is 4.98 Å². The fourth-order valence-electron chi connectivity index (χ4n) is 4.44. The van der Waals surface area contributed by atoms with E-state index in [1.54, 1.807) is 11.3 Å². The zero-order valence-electron chi connectivity index (χ0n) is 16.7. The van der Waals surface area contributed by atoms with Gasteiger partial charge in [-0.3, -0.25) is 18.9 Å². The van der Waals surface area contributed by atoms with Crippen molar-refractivity contribution < 1.29 is 9.59 Å². The van der Waals surface area contributed by atoms with E-state index in [4.69, 9.17) is 0 Å². The van der Waals surface area contributed by atoms with Crippen LogP contribution < -0.4 is 0 Å². The molecular weight excluding hydrogens is 374 g/mol. The molecule has 0 spiro atoms. The van der Waals surface area contributed by atoms with Gasteiger partial charge in [0.25, 0.3) is 0 Å². The molecule has 4 rings (SSSR count). The number of rotatable bonds is 4. The molecule has 2 aromatic rings. The number of amides is 2. The first-order valence-corrected chi connectivity index (χ1v) is 11.0. The summed E-state index contributed by atoms with van der Waals surface area (Å²) in [4.78, 5) is 36.8. The van der Waals surface area contributed by atoms with Crippen molar-refractivity contribution in [2.24, 2.45) is 11.8 Å². The maximum absolute atomic E-state index is 12.7. The van der Waals surface area contributed by atoms with Crippen molar-refractivity contribution >= 4 is 28.1 Å². The van der Waals surface area contributed by atoms with E-state index in [2.05, 4.69) is 23.7 Å². The highest BCUT2D eigenvalue weighted by Gasteiger charge is 2.28. The molecule has 8 heteroatoms. The molecule has 2 aliphatic rings. The summed E-state index contributed by atoms with van der Waals surface area (Å²) < 4.78 is 1.96. The van der Waals surface area contributed by atoms with Gasteiger partial charge in [0.1, 0.15) is 0 Å². The van der Waals surface area contributed by atoms with Crippen molar-refractivity contribution in [2.45, 2.75) is 26.7 Å². The van der Waals surface area contributed by atoms with Gasteiger partial charge in [-0.05, 0) is 18.3 Å². The first-order valence-electron chi connectivity index (χ1n) is 10.2. The Hall–Kier alpha value is -1.93. The first-order chi connectivity index (χ1) is 13.5. The van der Waals surface area contributed by atoms with Gasteiger partial charge in [0.15, 0.2) is 4.96 Å². The molecule has 2 atom stereocenters. The summed E-state index contributed by atoms with van der Waals surface area (Å²) in [6.45, 7) is 9.56. The molecule has 0 radical (unpaired) electrons. The third kappa shape index (κ3) is 4.38. The summed E-state index contributed by atoms with van der Waals surface area (Å²) in [5, 5.41) is 1.99. The molecule has 2 aliphatic heterocycles. The number of fused-ring (bicyclic) bond motifs is 1. The number of hydrogen-bond donors (Lipinski definition) is 0. The van der Waals surface area contributed by atoms with Gasteiger partial charge in [0.2, 0.25) is 11.8 Å². The van der Waals surface area contributed by atoms with Gasteiger partial charge in [0.05, 0.1) is 18.7 Å². The van der Waals surface area contributed by atoms with E-state index in [9.17, 15) is 9.59 Å². The second-order valence-electron chi connectivity index (χ2n) is 8.40. The van der Waals surface area contributed by atoms with Crippen LogP contribution in [0, 0.1) is 11.8 Å². The van der Waals surface area contributed by atoms with E-state index in [1.165, 1.54) is 6.42 Å². The normalized spacial score (nSPS) is 24.1. The van der Waals surface area contributed by atoms with Gasteiger partial charge in [-0.1, -0.05) is 13.8 Å². The number of piperidine rings is 1. The Balaban J connectivity index is 1.24. The average Bonchev–Trinajstić information content (AvgIpc) is 3.23. The van der Waals surface area contributed by atoms with Crippen molar-refractivity contribution in [3.8, 4) is 0 Å². The number of imidazole rings is 1. The molecule has 2 amide bonds. The lowest BCUT2D eigenvalue weighted by atomic mass is 9.92. The van der Waals surface area contributed by atoms with Crippen LogP contribution in [-0.4, -0.2) is 81.7 Å². The van der Waals surface area contributed by atoms with Crippen molar-refractivity contribution in [3.63, 3.8) is 0 Å². The summed E-state index contributed by atoms with van der Waals surface area (Å²) in [7, 11) is 0. The molecule has 152 valence electrons. The molecule has 2 fully saturated rings. The zero-order chi connectivity index (χ0) is 19.7. The van der Waals surface area contributed by atoms with E-state index in [0.717, 1.165) is 36.8 Å². The van der Waals surface area contributed by atoms with E-state index in [0.29, 0.717) is 37.9 Å². The summed E-state index contributed by atoms with van der Waals surface area (Å²) in [5.74, 6) is 1.52. The quantitative estimate of drug-likeness (QED) is 0.778. The lowest BCUT2D eigenvalue weighted by molar-refractivity contribution is -0.136. The Kier molecular flexibility index (Phi) is 5.68. The fraction of sp³-hybridized carbons (Fsp3) is 0.650. The minimum Gasteiger partial charge on any atom is -0.341 e. The van der Waals surface area contributed by atoms with Gasteiger partial charge >= 0.3 is 0 Å². The number of carbonyl (C=O) groups excluding carboxylic acids is 2. The minimum absolute atomic E-state index is 0.121. The largest absolute Gasteiger partial charge is 0.341 e. The van der Waals surface area contributed by atoms with Gasteiger partial charge in [-0.2, -0.15) is 0 Å². The lowest BCUT2D eigenvalue weighted by Gasteiger charge is -2.38. The standard InChI is InChI=1S/C20H29N5O2S/c1-15-9-16(2)12-25(11-15)19(27)14-22-3-5-23(6-4-22)18(26)10-17-13-24-7-8-28-20(24)21-17/h7-8,13,15-16H,3-6,9-12,14H2,1-2H3. The lowest BCUT2D eigenvalue weighted by Crippen LogP contribution is -2.53. The molecule has 0 N–H and O–H groups in total. The van der Waals surface area contributed by atoms with Gasteiger partial charge in [-0.15, -0.1) is 11.3 Å². The maximum Gasteiger partial charge on any atom is 0.236 e. The third-order valence-electron chi connectivity index (χ3n) is 5.78. The fourth-order valence-corrected chi connectivity index (χ4v) is 5.16. The number of hydrogen-bond acceptors (Lipinski definition) is 5. The number of thiazole rings is 1. The van der Waals surface area contributed by atoms with Crippen molar-refractivity contribution in [2.75, 3.05) is 45.8 Å². The van der Waals surface area contributed by atoms with E-state index in [-0.39, 0.29) is 11.8 Å². The Labute approximate surface area is 169 Å². The Morgan fingerprint density at radius 2 is 1.79 bits per heavy atom.